The van der Waals surface area contributed by atoms with Crippen molar-refractivity contribution in [3.63, 3.8) is 0 Å². The minimum Gasteiger partial charge on any atom is -0.325 e. The van der Waals surface area contributed by atoms with Crippen LogP contribution < -0.4 is 5.32 Å². The molecular weight excluding hydrogens is 347 g/mol. The standard InChI is InChI=1S/C16H13ClF3NOS/c1-10(23-12-5-3-2-4-6-12)15(22)21-11-7-8-14(17)13(9-11)16(18,19)20/h2-10H,1H3,(H,21,22)/t10-/m1/s1. The van der Waals surface area contributed by atoms with E-state index in [1.54, 1.807) is 6.92 Å². The molecule has 0 fully saturated rings. The zero-order valence-electron chi connectivity index (χ0n) is 12.0. The van der Waals surface area contributed by atoms with Gasteiger partial charge in [0.05, 0.1) is 15.8 Å². The molecule has 2 rings (SSSR count). The van der Waals surface area contributed by atoms with Gasteiger partial charge in [0.25, 0.3) is 0 Å². The van der Waals surface area contributed by atoms with E-state index in [2.05, 4.69) is 5.32 Å². The summed E-state index contributed by atoms with van der Waals surface area (Å²) in [7, 11) is 0. The van der Waals surface area contributed by atoms with Gasteiger partial charge in [0.2, 0.25) is 5.91 Å². The normalized spacial score (nSPS) is 12.7. The summed E-state index contributed by atoms with van der Waals surface area (Å²) >= 11 is 6.87. The maximum absolute atomic E-state index is 12.8. The Morgan fingerprint density at radius 1 is 1.17 bits per heavy atom. The molecule has 0 aliphatic carbocycles. The first-order chi connectivity index (χ1) is 10.8. The molecule has 0 aliphatic heterocycles. The number of thioether (sulfide) groups is 1. The van der Waals surface area contributed by atoms with E-state index in [9.17, 15) is 18.0 Å². The Hall–Kier alpha value is -1.66. The van der Waals surface area contributed by atoms with Gasteiger partial charge in [0.15, 0.2) is 0 Å². The Balaban J connectivity index is 2.08. The second-order valence-electron chi connectivity index (χ2n) is 4.75. The molecule has 2 aromatic rings. The van der Waals surface area contributed by atoms with E-state index in [0.717, 1.165) is 17.0 Å². The lowest BCUT2D eigenvalue weighted by molar-refractivity contribution is -0.137. The molecule has 1 amide bonds. The molecule has 1 N–H and O–H groups in total. The first-order valence-corrected chi connectivity index (χ1v) is 7.92. The zero-order valence-corrected chi connectivity index (χ0v) is 13.6. The van der Waals surface area contributed by atoms with Crippen LogP contribution in [0.5, 0.6) is 0 Å². The molecule has 0 bridgehead atoms. The van der Waals surface area contributed by atoms with Gasteiger partial charge in [-0.25, -0.2) is 0 Å². The number of anilines is 1. The van der Waals surface area contributed by atoms with Crippen LogP contribution >= 0.6 is 23.4 Å². The van der Waals surface area contributed by atoms with E-state index in [-0.39, 0.29) is 11.6 Å². The predicted octanol–water partition coefficient (Wildman–Crippen LogP) is 5.48. The van der Waals surface area contributed by atoms with Crippen molar-refractivity contribution in [2.24, 2.45) is 0 Å². The molecule has 2 aromatic carbocycles. The maximum Gasteiger partial charge on any atom is 0.417 e. The zero-order chi connectivity index (χ0) is 17.0. The third kappa shape index (κ3) is 4.91. The van der Waals surface area contributed by atoms with Gasteiger partial charge in [-0.2, -0.15) is 13.2 Å². The van der Waals surface area contributed by atoms with E-state index in [0.29, 0.717) is 0 Å². The van der Waals surface area contributed by atoms with Crippen LogP contribution in [0, 0.1) is 0 Å². The molecule has 0 unspecified atom stereocenters. The van der Waals surface area contributed by atoms with Crippen LogP contribution in [0.2, 0.25) is 5.02 Å². The molecule has 0 radical (unpaired) electrons. The molecular formula is C16H13ClF3NOS. The Kier molecular flexibility index (Phi) is 5.59. The molecule has 1 atom stereocenters. The van der Waals surface area contributed by atoms with Crippen molar-refractivity contribution in [1.82, 2.24) is 0 Å². The summed E-state index contributed by atoms with van der Waals surface area (Å²) in [6, 6.07) is 12.6. The van der Waals surface area contributed by atoms with E-state index < -0.39 is 22.0 Å². The average Bonchev–Trinajstić information content (AvgIpc) is 2.49. The number of hydrogen-bond acceptors (Lipinski definition) is 2. The SMILES string of the molecule is C[C@@H](Sc1ccccc1)C(=O)Nc1ccc(Cl)c(C(F)(F)F)c1. The van der Waals surface area contributed by atoms with E-state index in [1.807, 2.05) is 30.3 Å². The fraction of sp³-hybridized carbons (Fsp3) is 0.188. The molecule has 0 spiro atoms. The highest BCUT2D eigenvalue weighted by Crippen LogP contribution is 2.36. The number of amides is 1. The van der Waals surface area contributed by atoms with Crippen molar-refractivity contribution in [2.45, 2.75) is 23.2 Å². The lowest BCUT2D eigenvalue weighted by Gasteiger charge is -2.14. The summed E-state index contributed by atoms with van der Waals surface area (Å²) < 4.78 is 38.4. The molecule has 2 nitrogen and oxygen atoms in total. The molecule has 0 aliphatic rings. The summed E-state index contributed by atoms with van der Waals surface area (Å²) in [4.78, 5) is 13.0. The quantitative estimate of drug-likeness (QED) is 0.732. The van der Waals surface area contributed by atoms with Gasteiger partial charge in [-0.05, 0) is 37.3 Å². The Labute approximate surface area is 141 Å². The molecule has 122 valence electrons. The molecule has 23 heavy (non-hydrogen) atoms. The Morgan fingerprint density at radius 3 is 2.43 bits per heavy atom. The van der Waals surface area contributed by atoms with Gasteiger partial charge >= 0.3 is 6.18 Å². The first kappa shape index (κ1) is 17.7. The number of halogens is 4. The van der Waals surface area contributed by atoms with Crippen molar-refractivity contribution in [3.05, 3.63) is 59.1 Å². The highest BCUT2D eigenvalue weighted by molar-refractivity contribution is 8.00. The smallest absolute Gasteiger partial charge is 0.325 e. The lowest BCUT2D eigenvalue weighted by Crippen LogP contribution is -2.22. The second-order valence-corrected chi connectivity index (χ2v) is 6.58. The van der Waals surface area contributed by atoms with Crippen LogP contribution in [-0.4, -0.2) is 11.2 Å². The third-order valence-corrected chi connectivity index (χ3v) is 4.41. The van der Waals surface area contributed by atoms with Crippen molar-refractivity contribution in [3.8, 4) is 0 Å². The molecule has 0 heterocycles. The number of rotatable bonds is 4. The van der Waals surface area contributed by atoms with Crippen molar-refractivity contribution in [2.75, 3.05) is 5.32 Å². The second kappa shape index (κ2) is 7.27. The first-order valence-electron chi connectivity index (χ1n) is 6.66. The molecule has 0 aromatic heterocycles. The number of nitrogens with one attached hydrogen (secondary N) is 1. The number of carbonyl (C=O) groups excluding carboxylic acids is 1. The van der Waals surface area contributed by atoms with Crippen LogP contribution in [0.1, 0.15) is 12.5 Å². The predicted molar refractivity (Wildman–Crippen MR) is 86.8 cm³/mol. The van der Waals surface area contributed by atoms with Gasteiger partial charge < -0.3 is 5.32 Å². The Bertz CT molecular complexity index is 691. The summed E-state index contributed by atoms with van der Waals surface area (Å²) in [5.74, 6) is -0.380. The lowest BCUT2D eigenvalue weighted by atomic mass is 10.2. The van der Waals surface area contributed by atoms with Crippen molar-refractivity contribution >= 4 is 35.0 Å². The number of benzene rings is 2. The van der Waals surface area contributed by atoms with Gasteiger partial charge in [0, 0.05) is 10.6 Å². The van der Waals surface area contributed by atoms with Gasteiger partial charge in [-0.1, -0.05) is 29.8 Å². The van der Waals surface area contributed by atoms with Crippen molar-refractivity contribution < 1.29 is 18.0 Å². The third-order valence-electron chi connectivity index (χ3n) is 2.96. The van der Waals surface area contributed by atoms with Crippen LogP contribution in [0.15, 0.2) is 53.4 Å². The monoisotopic (exact) mass is 359 g/mol. The molecule has 0 saturated carbocycles. The Morgan fingerprint density at radius 2 is 1.83 bits per heavy atom. The summed E-state index contributed by atoms with van der Waals surface area (Å²) in [6.45, 7) is 1.69. The molecule has 7 heteroatoms. The van der Waals surface area contributed by atoms with E-state index in [4.69, 9.17) is 11.6 Å². The van der Waals surface area contributed by atoms with Gasteiger partial charge in [-0.15, -0.1) is 11.8 Å². The minimum absolute atomic E-state index is 0.0623. The van der Waals surface area contributed by atoms with Crippen LogP contribution in [0.25, 0.3) is 0 Å². The van der Waals surface area contributed by atoms with Gasteiger partial charge in [-0.3, -0.25) is 4.79 Å². The summed E-state index contributed by atoms with van der Waals surface area (Å²) in [5, 5.41) is 1.63. The van der Waals surface area contributed by atoms with Crippen LogP contribution in [0.4, 0.5) is 18.9 Å². The van der Waals surface area contributed by atoms with E-state index >= 15 is 0 Å². The number of carbonyl (C=O) groups is 1. The maximum atomic E-state index is 12.8. The topological polar surface area (TPSA) is 29.1 Å². The van der Waals surface area contributed by atoms with Crippen LogP contribution in [-0.2, 0) is 11.0 Å². The average molecular weight is 360 g/mol. The van der Waals surface area contributed by atoms with E-state index in [1.165, 1.54) is 17.8 Å². The van der Waals surface area contributed by atoms with Crippen molar-refractivity contribution in [1.29, 1.82) is 0 Å². The fourth-order valence-corrected chi connectivity index (χ4v) is 2.93. The minimum atomic E-state index is -4.57. The fourth-order valence-electron chi connectivity index (χ4n) is 1.82. The summed E-state index contributed by atoms with van der Waals surface area (Å²) in [6.07, 6.45) is -4.57. The highest BCUT2D eigenvalue weighted by Gasteiger charge is 2.33. The largest absolute Gasteiger partial charge is 0.417 e. The summed E-state index contributed by atoms with van der Waals surface area (Å²) in [5.41, 5.74) is -0.910. The van der Waals surface area contributed by atoms with Crippen LogP contribution in [0.3, 0.4) is 0 Å². The highest BCUT2D eigenvalue weighted by atomic mass is 35.5. The van der Waals surface area contributed by atoms with Gasteiger partial charge in [0.1, 0.15) is 0 Å². The number of hydrogen-bond donors (Lipinski definition) is 1. The molecule has 0 saturated heterocycles. The number of alkyl halides is 3.